The first-order valence-electron chi connectivity index (χ1n) is 7.91. The molecule has 0 aromatic heterocycles. The Kier molecular flexibility index (Phi) is 7.17. The predicted molar refractivity (Wildman–Crippen MR) is 84.2 cm³/mol. The minimum atomic E-state index is 0.309. The standard InChI is InChI=1S/C15H28N2O2S/c1-16(14-5-3-2-4-6-14)15(18)13-20-12-9-17-7-10-19-11-8-17/h14H,2-13H2,1H3. The van der Waals surface area contributed by atoms with Crippen LogP contribution in [-0.2, 0) is 9.53 Å². The predicted octanol–water partition coefficient (Wildman–Crippen LogP) is 1.84. The summed E-state index contributed by atoms with van der Waals surface area (Å²) >= 11 is 1.77. The second-order valence-corrected chi connectivity index (χ2v) is 6.91. The molecule has 0 aromatic rings. The van der Waals surface area contributed by atoms with Crippen molar-refractivity contribution < 1.29 is 9.53 Å². The van der Waals surface area contributed by atoms with Gasteiger partial charge in [-0.15, -0.1) is 0 Å². The fourth-order valence-corrected chi connectivity index (χ4v) is 3.86. The minimum Gasteiger partial charge on any atom is -0.379 e. The molecule has 1 aliphatic carbocycles. The Morgan fingerprint density at radius 2 is 1.95 bits per heavy atom. The lowest BCUT2D eigenvalue weighted by molar-refractivity contribution is -0.129. The molecule has 2 fully saturated rings. The van der Waals surface area contributed by atoms with Gasteiger partial charge in [-0.05, 0) is 12.8 Å². The minimum absolute atomic E-state index is 0.309. The van der Waals surface area contributed by atoms with Gasteiger partial charge in [0.05, 0.1) is 19.0 Å². The van der Waals surface area contributed by atoms with Gasteiger partial charge in [0.1, 0.15) is 0 Å². The molecule has 1 saturated heterocycles. The van der Waals surface area contributed by atoms with E-state index in [2.05, 4.69) is 4.90 Å². The molecule has 1 saturated carbocycles. The zero-order valence-corrected chi connectivity index (χ0v) is 13.5. The lowest BCUT2D eigenvalue weighted by atomic mass is 9.94. The number of rotatable bonds is 6. The summed E-state index contributed by atoms with van der Waals surface area (Å²) < 4.78 is 5.33. The van der Waals surface area contributed by atoms with Crippen LogP contribution in [0.3, 0.4) is 0 Å². The van der Waals surface area contributed by atoms with E-state index in [1.54, 1.807) is 11.8 Å². The van der Waals surface area contributed by atoms with E-state index in [4.69, 9.17) is 4.74 Å². The van der Waals surface area contributed by atoms with Crippen molar-refractivity contribution in [2.45, 2.75) is 38.1 Å². The van der Waals surface area contributed by atoms with Gasteiger partial charge < -0.3 is 9.64 Å². The van der Waals surface area contributed by atoms with Crippen molar-refractivity contribution >= 4 is 17.7 Å². The fraction of sp³-hybridized carbons (Fsp3) is 0.933. The molecule has 5 heteroatoms. The molecule has 1 amide bonds. The highest BCUT2D eigenvalue weighted by molar-refractivity contribution is 7.99. The van der Waals surface area contributed by atoms with E-state index >= 15 is 0 Å². The summed E-state index contributed by atoms with van der Waals surface area (Å²) in [5.74, 6) is 1.99. The van der Waals surface area contributed by atoms with Crippen molar-refractivity contribution in [2.24, 2.45) is 0 Å². The van der Waals surface area contributed by atoms with Crippen molar-refractivity contribution in [3.8, 4) is 0 Å². The molecule has 1 heterocycles. The van der Waals surface area contributed by atoms with E-state index in [-0.39, 0.29) is 0 Å². The van der Waals surface area contributed by atoms with Crippen LogP contribution in [-0.4, -0.2) is 73.2 Å². The Labute approximate surface area is 127 Å². The van der Waals surface area contributed by atoms with Gasteiger partial charge in [0.25, 0.3) is 0 Å². The van der Waals surface area contributed by atoms with Crippen LogP contribution in [0.25, 0.3) is 0 Å². The summed E-state index contributed by atoms with van der Waals surface area (Å²) in [6.07, 6.45) is 6.30. The number of morpholine rings is 1. The van der Waals surface area contributed by atoms with E-state index in [1.807, 2.05) is 11.9 Å². The maximum absolute atomic E-state index is 12.2. The smallest absolute Gasteiger partial charge is 0.232 e. The average Bonchev–Trinajstić information content (AvgIpc) is 2.52. The number of ether oxygens (including phenoxy) is 1. The molecule has 1 aliphatic heterocycles. The molecule has 2 aliphatic rings. The summed E-state index contributed by atoms with van der Waals surface area (Å²) in [6, 6.07) is 0.496. The van der Waals surface area contributed by atoms with E-state index in [0.29, 0.717) is 17.7 Å². The van der Waals surface area contributed by atoms with Crippen LogP contribution in [0.5, 0.6) is 0 Å². The van der Waals surface area contributed by atoms with E-state index in [1.165, 1.54) is 32.1 Å². The molecule has 0 aromatic carbocycles. The monoisotopic (exact) mass is 300 g/mol. The molecule has 116 valence electrons. The number of hydrogen-bond donors (Lipinski definition) is 0. The van der Waals surface area contributed by atoms with E-state index in [0.717, 1.165) is 38.6 Å². The number of carbonyl (C=O) groups is 1. The van der Waals surface area contributed by atoms with Crippen LogP contribution < -0.4 is 0 Å². The highest BCUT2D eigenvalue weighted by Crippen LogP contribution is 2.22. The third-order valence-electron chi connectivity index (χ3n) is 4.40. The molecular weight excluding hydrogens is 272 g/mol. The Morgan fingerprint density at radius 3 is 2.65 bits per heavy atom. The molecule has 0 radical (unpaired) electrons. The zero-order chi connectivity index (χ0) is 14.2. The van der Waals surface area contributed by atoms with Gasteiger partial charge in [0, 0.05) is 38.5 Å². The quantitative estimate of drug-likeness (QED) is 0.701. The van der Waals surface area contributed by atoms with Crippen molar-refractivity contribution in [3.05, 3.63) is 0 Å². The fourth-order valence-electron chi connectivity index (χ4n) is 2.95. The molecule has 2 rings (SSSR count). The third kappa shape index (κ3) is 5.26. The van der Waals surface area contributed by atoms with Crippen LogP contribution in [0.1, 0.15) is 32.1 Å². The highest BCUT2D eigenvalue weighted by Gasteiger charge is 2.21. The first-order chi connectivity index (χ1) is 9.77. The van der Waals surface area contributed by atoms with Gasteiger partial charge in [-0.3, -0.25) is 9.69 Å². The lowest BCUT2D eigenvalue weighted by Gasteiger charge is -2.31. The lowest BCUT2D eigenvalue weighted by Crippen LogP contribution is -2.40. The van der Waals surface area contributed by atoms with Crippen molar-refractivity contribution in [3.63, 3.8) is 0 Å². The average molecular weight is 300 g/mol. The SMILES string of the molecule is CN(C(=O)CSCCN1CCOCC1)C1CCCCC1. The first kappa shape index (κ1) is 16.1. The second kappa shape index (κ2) is 8.90. The summed E-state index contributed by atoms with van der Waals surface area (Å²) in [7, 11) is 1.99. The van der Waals surface area contributed by atoms with Crippen LogP contribution in [0.2, 0.25) is 0 Å². The van der Waals surface area contributed by atoms with Crippen molar-refractivity contribution in [2.75, 3.05) is 51.4 Å². The van der Waals surface area contributed by atoms with Crippen LogP contribution >= 0.6 is 11.8 Å². The molecule has 0 N–H and O–H groups in total. The van der Waals surface area contributed by atoms with Gasteiger partial charge in [0.15, 0.2) is 0 Å². The number of thioether (sulfide) groups is 1. The summed E-state index contributed by atoms with van der Waals surface area (Å²) in [5, 5.41) is 0. The molecule has 0 unspecified atom stereocenters. The second-order valence-electron chi connectivity index (χ2n) is 5.80. The Hall–Kier alpha value is -0.260. The molecule has 20 heavy (non-hydrogen) atoms. The van der Waals surface area contributed by atoms with Gasteiger partial charge in [-0.2, -0.15) is 11.8 Å². The van der Waals surface area contributed by atoms with Crippen LogP contribution in [0.15, 0.2) is 0 Å². The summed E-state index contributed by atoms with van der Waals surface area (Å²) in [6.45, 7) is 4.86. The number of carbonyl (C=O) groups excluding carboxylic acids is 1. The number of hydrogen-bond acceptors (Lipinski definition) is 4. The Morgan fingerprint density at radius 1 is 1.25 bits per heavy atom. The first-order valence-corrected chi connectivity index (χ1v) is 9.06. The maximum atomic E-state index is 12.2. The van der Waals surface area contributed by atoms with Gasteiger partial charge in [-0.1, -0.05) is 19.3 Å². The summed E-state index contributed by atoms with van der Waals surface area (Å²) in [5.41, 5.74) is 0. The Bertz CT molecular complexity index is 290. The molecular formula is C15H28N2O2S. The highest BCUT2D eigenvalue weighted by atomic mass is 32.2. The molecule has 0 spiro atoms. The van der Waals surface area contributed by atoms with Crippen LogP contribution in [0.4, 0.5) is 0 Å². The van der Waals surface area contributed by atoms with Gasteiger partial charge >= 0.3 is 0 Å². The maximum Gasteiger partial charge on any atom is 0.232 e. The molecule has 0 bridgehead atoms. The zero-order valence-electron chi connectivity index (χ0n) is 12.7. The van der Waals surface area contributed by atoms with Crippen molar-refractivity contribution in [1.82, 2.24) is 9.80 Å². The normalized spacial score (nSPS) is 21.9. The molecule has 0 atom stereocenters. The van der Waals surface area contributed by atoms with E-state index < -0.39 is 0 Å². The Balaban J connectivity index is 1.56. The van der Waals surface area contributed by atoms with Crippen molar-refractivity contribution in [1.29, 1.82) is 0 Å². The van der Waals surface area contributed by atoms with Gasteiger partial charge in [0.2, 0.25) is 5.91 Å². The van der Waals surface area contributed by atoms with Crippen LogP contribution in [0, 0.1) is 0 Å². The van der Waals surface area contributed by atoms with Gasteiger partial charge in [-0.25, -0.2) is 0 Å². The largest absolute Gasteiger partial charge is 0.379 e. The summed E-state index contributed by atoms with van der Waals surface area (Å²) in [4.78, 5) is 16.6. The molecule has 4 nitrogen and oxygen atoms in total. The van der Waals surface area contributed by atoms with E-state index in [9.17, 15) is 4.79 Å². The topological polar surface area (TPSA) is 32.8 Å². The number of amides is 1. The third-order valence-corrected chi connectivity index (χ3v) is 5.32. The number of nitrogens with zero attached hydrogens (tertiary/aromatic N) is 2.